The molecule has 1 atom stereocenters. The van der Waals surface area contributed by atoms with E-state index in [2.05, 4.69) is 14.9 Å². The third-order valence-electron chi connectivity index (χ3n) is 1.76. The number of hydrogen-bond donors (Lipinski definition) is 0. The zero-order valence-corrected chi connectivity index (χ0v) is 8.44. The first-order chi connectivity index (χ1) is 7.45. The quantitative estimate of drug-likeness (QED) is 0.741. The molecule has 0 saturated heterocycles. The SMILES string of the molecule is CCOC(=O)CC(n1nccn1)C(F)(F)F. The minimum atomic E-state index is -4.59. The van der Waals surface area contributed by atoms with Gasteiger partial charge in [-0.2, -0.15) is 28.2 Å². The van der Waals surface area contributed by atoms with E-state index in [9.17, 15) is 18.0 Å². The third kappa shape index (κ3) is 3.21. The summed E-state index contributed by atoms with van der Waals surface area (Å²) in [6.45, 7) is 1.56. The number of rotatable bonds is 4. The molecule has 0 aliphatic carbocycles. The van der Waals surface area contributed by atoms with Crippen LogP contribution in [0.3, 0.4) is 0 Å². The Hall–Kier alpha value is -1.60. The van der Waals surface area contributed by atoms with Crippen LogP contribution in [-0.2, 0) is 9.53 Å². The maximum absolute atomic E-state index is 12.6. The number of aromatic nitrogens is 3. The molecule has 0 aliphatic heterocycles. The van der Waals surface area contributed by atoms with Gasteiger partial charge in [0.2, 0.25) is 0 Å². The summed E-state index contributed by atoms with van der Waals surface area (Å²) < 4.78 is 42.2. The number of alkyl halides is 3. The van der Waals surface area contributed by atoms with Gasteiger partial charge in [0.15, 0.2) is 6.04 Å². The summed E-state index contributed by atoms with van der Waals surface area (Å²) >= 11 is 0. The molecule has 1 aromatic rings. The summed E-state index contributed by atoms with van der Waals surface area (Å²) in [6, 6.07) is -2.08. The molecule has 0 N–H and O–H groups in total. The maximum atomic E-state index is 12.6. The highest BCUT2D eigenvalue weighted by atomic mass is 19.4. The molecular weight excluding hydrogens is 227 g/mol. The maximum Gasteiger partial charge on any atom is 0.413 e. The molecule has 0 bridgehead atoms. The lowest BCUT2D eigenvalue weighted by atomic mass is 10.2. The van der Waals surface area contributed by atoms with Crippen LogP contribution in [-0.4, -0.2) is 33.7 Å². The largest absolute Gasteiger partial charge is 0.466 e. The summed E-state index contributed by atoms with van der Waals surface area (Å²) in [5, 5.41) is 6.75. The molecule has 8 heteroatoms. The Morgan fingerprint density at radius 2 is 2.00 bits per heavy atom. The molecule has 0 amide bonds. The van der Waals surface area contributed by atoms with Crippen LogP contribution < -0.4 is 0 Å². The van der Waals surface area contributed by atoms with Crippen molar-refractivity contribution in [3.05, 3.63) is 12.4 Å². The van der Waals surface area contributed by atoms with Gasteiger partial charge in [-0.3, -0.25) is 4.79 Å². The Kier molecular flexibility index (Phi) is 3.86. The standard InChI is InChI=1S/C8H10F3N3O2/c1-2-16-7(15)5-6(8(9,10)11)14-12-3-4-13-14/h3-4,6H,2,5H2,1H3. The van der Waals surface area contributed by atoms with Crippen LogP contribution >= 0.6 is 0 Å². The van der Waals surface area contributed by atoms with Gasteiger partial charge in [-0.15, -0.1) is 0 Å². The van der Waals surface area contributed by atoms with Crippen LogP contribution in [0.25, 0.3) is 0 Å². The fraction of sp³-hybridized carbons (Fsp3) is 0.625. The van der Waals surface area contributed by atoms with Crippen LogP contribution in [0.1, 0.15) is 19.4 Å². The van der Waals surface area contributed by atoms with Crippen molar-refractivity contribution in [2.45, 2.75) is 25.6 Å². The van der Waals surface area contributed by atoms with E-state index in [-0.39, 0.29) is 6.61 Å². The molecule has 0 aromatic carbocycles. The van der Waals surface area contributed by atoms with E-state index in [1.807, 2.05) is 0 Å². The fourth-order valence-corrected chi connectivity index (χ4v) is 1.09. The predicted molar refractivity (Wildman–Crippen MR) is 46.4 cm³/mol. The van der Waals surface area contributed by atoms with E-state index >= 15 is 0 Å². The van der Waals surface area contributed by atoms with Gasteiger partial charge < -0.3 is 4.74 Å². The molecule has 1 aromatic heterocycles. The highest BCUT2D eigenvalue weighted by Gasteiger charge is 2.44. The van der Waals surface area contributed by atoms with Crippen LogP contribution in [0.4, 0.5) is 13.2 Å². The van der Waals surface area contributed by atoms with Gasteiger partial charge in [-0.05, 0) is 6.92 Å². The Labute approximate surface area is 89.2 Å². The molecule has 90 valence electrons. The monoisotopic (exact) mass is 237 g/mol. The molecule has 1 rings (SSSR count). The summed E-state index contributed by atoms with van der Waals surface area (Å²) in [5.41, 5.74) is 0. The summed E-state index contributed by atoms with van der Waals surface area (Å²) in [4.78, 5) is 11.5. The zero-order valence-electron chi connectivity index (χ0n) is 8.44. The number of ether oxygens (including phenoxy) is 1. The van der Waals surface area contributed by atoms with Crippen molar-refractivity contribution in [2.24, 2.45) is 0 Å². The molecule has 0 fully saturated rings. The molecule has 1 unspecified atom stereocenters. The van der Waals surface area contributed by atoms with Crippen molar-refractivity contribution < 1.29 is 22.7 Å². The summed E-state index contributed by atoms with van der Waals surface area (Å²) in [6.07, 6.45) is -3.19. The second-order valence-electron chi connectivity index (χ2n) is 2.92. The van der Waals surface area contributed by atoms with Crippen molar-refractivity contribution in [1.82, 2.24) is 15.0 Å². The molecule has 1 heterocycles. The fourth-order valence-electron chi connectivity index (χ4n) is 1.09. The van der Waals surface area contributed by atoms with E-state index in [1.54, 1.807) is 0 Å². The van der Waals surface area contributed by atoms with Crippen molar-refractivity contribution in [2.75, 3.05) is 6.61 Å². The smallest absolute Gasteiger partial charge is 0.413 e. The van der Waals surface area contributed by atoms with Crippen LogP contribution in [0, 0.1) is 0 Å². The lowest BCUT2D eigenvalue weighted by molar-refractivity contribution is -0.183. The van der Waals surface area contributed by atoms with Crippen molar-refractivity contribution >= 4 is 5.97 Å². The van der Waals surface area contributed by atoms with E-state index < -0.39 is 24.6 Å². The first kappa shape index (κ1) is 12.5. The van der Waals surface area contributed by atoms with Gasteiger partial charge in [0.05, 0.1) is 25.4 Å². The molecule has 5 nitrogen and oxygen atoms in total. The highest BCUT2D eigenvalue weighted by Crippen LogP contribution is 2.32. The number of carbonyl (C=O) groups is 1. The Balaban J connectivity index is 2.78. The molecule has 0 saturated carbocycles. The predicted octanol–water partition coefficient (Wildman–Crippen LogP) is 1.33. The van der Waals surface area contributed by atoms with Gasteiger partial charge in [0.1, 0.15) is 0 Å². The number of hydrogen-bond acceptors (Lipinski definition) is 4. The summed E-state index contributed by atoms with van der Waals surface area (Å²) in [5.74, 6) is -0.929. The van der Waals surface area contributed by atoms with E-state index in [0.717, 1.165) is 12.4 Å². The number of esters is 1. The number of nitrogens with zero attached hydrogens (tertiary/aromatic N) is 3. The summed E-state index contributed by atoms with van der Waals surface area (Å²) in [7, 11) is 0. The molecular formula is C8H10F3N3O2. The topological polar surface area (TPSA) is 57.0 Å². The highest BCUT2D eigenvalue weighted by molar-refractivity contribution is 5.69. The number of carbonyl (C=O) groups excluding carboxylic acids is 1. The van der Waals surface area contributed by atoms with E-state index in [4.69, 9.17) is 0 Å². The van der Waals surface area contributed by atoms with Gasteiger partial charge in [-0.1, -0.05) is 0 Å². The first-order valence-corrected chi connectivity index (χ1v) is 4.53. The Morgan fingerprint density at radius 3 is 2.44 bits per heavy atom. The average Bonchev–Trinajstić information content (AvgIpc) is 2.65. The lowest BCUT2D eigenvalue weighted by Gasteiger charge is -2.18. The van der Waals surface area contributed by atoms with Crippen molar-refractivity contribution in [1.29, 1.82) is 0 Å². The Morgan fingerprint density at radius 1 is 1.44 bits per heavy atom. The van der Waals surface area contributed by atoms with E-state index in [1.165, 1.54) is 6.92 Å². The third-order valence-corrected chi connectivity index (χ3v) is 1.76. The van der Waals surface area contributed by atoms with Crippen molar-refractivity contribution in [3.63, 3.8) is 0 Å². The number of halogens is 3. The minimum Gasteiger partial charge on any atom is -0.466 e. The van der Waals surface area contributed by atoms with Crippen LogP contribution in [0.5, 0.6) is 0 Å². The molecule has 0 radical (unpaired) electrons. The van der Waals surface area contributed by atoms with E-state index in [0.29, 0.717) is 4.80 Å². The van der Waals surface area contributed by atoms with Crippen LogP contribution in [0.2, 0.25) is 0 Å². The zero-order chi connectivity index (χ0) is 12.2. The molecule has 0 aliphatic rings. The van der Waals surface area contributed by atoms with Crippen LogP contribution in [0.15, 0.2) is 12.4 Å². The van der Waals surface area contributed by atoms with Gasteiger partial charge in [0, 0.05) is 0 Å². The van der Waals surface area contributed by atoms with Gasteiger partial charge in [-0.25, -0.2) is 0 Å². The average molecular weight is 237 g/mol. The molecule has 16 heavy (non-hydrogen) atoms. The minimum absolute atomic E-state index is 0.0376. The second-order valence-corrected chi connectivity index (χ2v) is 2.92. The van der Waals surface area contributed by atoms with Gasteiger partial charge >= 0.3 is 12.1 Å². The first-order valence-electron chi connectivity index (χ1n) is 4.53. The molecule has 0 spiro atoms. The van der Waals surface area contributed by atoms with Crippen molar-refractivity contribution in [3.8, 4) is 0 Å². The Bertz CT molecular complexity index is 337. The normalized spacial score (nSPS) is 13.5. The lowest BCUT2D eigenvalue weighted by Crippen LogP contribution is -2.31. The van der Waals surface area contributed by atoms with Gasteiger partial charge in [0.25, 0.3) is 0 Å². The second kappa shape index (κ2) is 4.95.